The molecule has 3 aromatic rings. The number of methoxy groups -OCH3 is 1. The second kappa shape index (κ2) is 11.0. The average molecular weight is 486 g/mol. The van der Waals surface area contributed by atoms with Crippen LogP contribution in [0.2, 0.25) is 0 Å². The van der Waals surface area contributed by atoms with Gasteiger partial charge in [-0.1, -0.05) is 60.7 Å². The Morgan fingerprint density at radius 1 is 1.00 bits per heavy atom. The highest BCUT2D eigenvalue weighted by Gasteiger charge is 2.37. The van der Waals surface area contributed by atoms with Crippen LogP contribution >= 0.6 is 0 Å². The molecule has 0 N–H and O–H groups in total. The Morgan fingerprint density at radius 2 is 1.51 bits per heavy atom. The van der Waals surface area contributed by atoms with Crippen LogP contribution < -0.4 is 4.90 Å². The van der Waals surface area contributed by atoms with Gasteiger partial charge in [-0.2, -0.15) is 0 Å². The molecule has 9 heteroatoms. The molecule has 6 nitrogen and oxygen atoms in total. The van der Waals surface area contributed by atoms with Crippen molar-refractivity contribution >= 4 is 17.3 Å². The van der Waals surface area contributed by atoms with Crippen molar-refractivity contribution in [2.75, 3.05) is 12.0 Å². The van der Waals surface area contributed by atoms with E-state index < -0.39 is 40.7 Å². The molecule has 0 amide bonds. The Bertz CT molecular complexity index is 1130. The summed E-state index contributed by atoms with van der Waals surface area (Å²) in [6, 6.07) is 20.0. The SMILES string of the molecule is COC(=O)C(CC(C)(F)F)c1ccc([N+](=O)[O-])c(N(Cc2ccccc2)Cc2ccccc2)c1F. The lowest BCUT2D eigenvalue weighted by molar-refractivity contribution is -0.384. The lowest BCUT2D eigenvalue weighted by Crippen LogP contribution is -2.27. The van der Waals surface area contributed by atoms with Gasteiger partial charge >= 0.3 is 5.97 Å². The predicted molar refractivity (Wildman–Crippen MR) is 126 cm³/mol. The number of esters is 1. The van der Waals surface area contributed by atoms with Crippen LogP contribution in [-0.2, 0) is 22.6 Å². The van der Waals surface area contributed by atoms with Crippen molar-refractivity contribution in [3.8, 4) is 0 Å². The van der Waals surface area contributed by atoms with Crippen molar-refractivity contribution in [1.82, 2.24) is 0 Å². The van der Waals surface area contributed by atoms with Gasteiger partial charge in [-0.15, -0.1) is 0 Å². The maximum Gasteiger partial charge on any atom is 0.313 e. The molecule has 3 aromatic carbocycles. The van der Waals surface area contributed by atoms with Crippen LogP contribution in [0.15, 0.2) is 72.8 Å². The Labute approximate surface area is 201 Å². The van der Waals surface area contributed by atoms with Crippen LogP contribution in [0.25, 0.3) is 0 Å². The van der Waals surface area contributed by atoms with Crippen LogP contribution in [0.3, 0.4) is 0 Å². The number of carbonyl (C=O) groups excluding carboxylic acids is 1. The number of carbonyl (C=O) groups is 1. The second-order valence-corrected chi connectivity index (χ2v) is 8.27. The number of rotatable bonds is 10. The van der Waals surface area contributed by atoms with E-state index in [1.165, 1.54) is 4.90 Å². The zero-order valence-electron chi connectivity index (χ0n) is 19.3. The summed E-state index contributed by atoms with van der Waals surface area (Å²) in [4.78, 5) is 25.0. The number of nitro groups is 1. The fraction of sp³-hybridized carbons (Fsp3) is 0.269. The first-order valence-electron chi connectivity index (χ1n) is 10.9. The molecule has 0 aliphatic heterocycles. The van der Waals surface area contributed by atoms with Crippen LogP contribution in [0.4, 0.5) is 24.5 Å². The molecule has 1 atom stereocenters. The summed E-state index contributed by atoms with van der Waals surface area (Å²) in [5.41, 5.74) is 0.211. The van der Waals surface area contributed by atoms with Gasteiger partial charge in [-0.3, -0.25) is 14.9 Å². The van der Waals surface area contributed by atoms with Crippen molar-refractivity contribution in [3.05, 3.63) is 105 Å². The predicted octanol–water partition coefficient (Wildman–Crippen LogP) is 6.24. The molecule has 0 fully saturated rings. The van der Waals surface area contributed by atoms with Gasteiger partial charge in [-0.25, -0.2) is 13.2 Å². The third-order valence-electron chi connectivity index (χ3n) is 5.49. The molecule has 0 radical (unpaired) electrons. The van der Waals surface area contributed by atoms with Gasteiger partial charge in [0.05, 0.1) is 18.0 Å². The van der Waals surface area contributed by atoms with Crippen LogP contribution in [0, 0.1) is 15.9 Å². The highest BCUT2D eigenvalue weighted by molar-refractivity contribution is 5.80. The van der Waals surface area contributed by atoms with Gasteiger partial charge in [0.1, 0.15) is 0 Å². The summed E-state index contributed by atoms with van der Waals surface area (Å²) in [6.07, 6.45) is -1.01. The maximum absolute atomic E-state index is 16.1. The summed E-state index contributed by atoms with van der Waals surface area (Å²) in [6.45, 7) is 0.817. The molecular weight excluding hydrogens is 461 g/mol. The first-order valence-corrected chi connectivity index (χ1v) is 10.9. The summed E-state index contributed by atoms with van der Waals surface area (Å²) < 4.78 is 48.5. The Morgan fingerprint density at radius 3 is 1.94 bits per heavy atom. The van der Waals surface area contributed by atoms with Gasteiger partial charge in [0.15, 0.2) is 11.5 Å². The van der Waals surface area contributed by atoms with E-state index in [0.717, 1.165) is 30.4 Å². The molecule has 0 aliphatic rings. The third-order valence-corrected chi connectivity index (χ3v) is 5.49. The second-order valence-electron chi connectivity index (χ2n) is 8.27. The van der Waals surface area contributed by atoms with Gasteiger partial charge in [0.25, 0.3) is 5.69 Å². The highest BCUT2D eigenvalue weighted by atomic mass is 19.3. The number of hydrogen-bond acceptors (Lipinski definition) is 5. The minimum absolute atomic E-state index is 0.101. The van der Waals surface area contributed by atoms with Crippen molar-refractivity contribution in [2.45, 2.75) is 38.3 Å². The first-order chi connectivity index (χ1) is 16.6. The zero-order chi connectivity index (χ0) is 25.6. The largest absolute Gasteiger partial charge is 0.469 e. The molecule has 0 bridgehead atoms. The zero-order valence-corrected chi connectivity index (χ0v) is 19.3. The van der Waals surface area contributed by atoms with Gasteiger partial charge in [0, 0.05) is 31.1 Å². The summed E-state index contributed by atoms with van der Waals surface area (Å²) in [5.74, 6) is -7.11. The minimum atomic E-state index is -3.30. The average Bonchev–Trinajstić information content (AvgIpc) is 2.82. The fourth-order valence-electron chi connectivity index (χ4n) is 3.93. The molecule has 0 spiro atoms. The number of alkyl halides is 2. The Hall–Kier alpha value is -3.88. The topological polar surface area (TPSA) is 72.7 Å². The molecule has 0 saturated carbocycles. The van der Waals surface area contributed by atoms with Crippen molar-refractivity contribution in [3.63, 3.8) is 0 Å². The van der Waals surface area contributed by atoms with E-state index in [-0.39, 0.29) is 24.3 Å². The number of nitro benzene ring substituents is 1. The fourth-order valence-corrected chi connectivity index (χ4v) is 3.93. The molecule has 3 rings (SSSR count). The van der Waals surface area contributed by atoms with E-state index in [9.17, 15) is 23.7 Å². The number of anilines is 1. The standard InChI is InChI=1S/C26H25F3N2O4/c1-26(28,29)15-21(25(32)35-2)20-13-14-22(31(33)34)24(23(20)27)30(16-18-9-5-3-6-10-18)17-19-11-7-4-8-12-19/h3-14,21H,15-17H2,1-2H3. The van der Waals surface area contributed by atoms with E-state index in [4.69, 9.17) is 0 Å². The Kier molecular flexibility index (Phi) is 8.11. The molecule has 35 heavy (non-hydrogen) atoms. The van der Waals surface area contributed by atoms with Crippen LogP contribution in [0.1, 0.15) is 36.0 Å². The summed E-state index contributed by atoms with van der Waals surface area (Å²) in [7, 11) is 1.02. The molecule has 0 aromatic heterocycles. The van der Waals surface area contributed by atoms with Gasteiger partial charge in [0.2, 0.25) is 5.92 Å². The van der Waals surface area contributed by atoms with Crippen LogP contribution in [-0.4, -0.2) is 23.9 Å². The number of hydrogen-bond donors (Lipinski definition) is 0. The molecule has 0 saturated heterocycles. The quantitative estimate of drug-likeness (QED) is 0.193. The number of halogens is 3. The molecule has 0 aliphatic carbocycles. The molecule has 0 heterocycles. The first kappa shape index (κ1) is 25.7. The number of ether oxygens (including phenoxy) is 1. The maximum atomic E-state index is 16.1. The normalized spacial score (nSPS) is 12.1. The number of nitrogens with zero attached hydrogens (tertiary/aromatic N) is 2. The third kappa shape index (κ3) is 6.59. The van der Waals surface area contributed by atoms with Crippen LogP contribution in [0.5, 0.6) is 0 Å². The van der Waals surface area contributed by atoms with Crippen molar-refractivity contribution in [2.24, 2.45) is 0 Å². The van der Waals surface area contributed by atoms with E-state index in [0.29, 0.717) is 6.92 Å². The van der Waals surface area contributed by atoms with E-state index >= 15 is 4.39 Å². The molecule has 184 valence electrons. The van der Waals surface area contributed by atoms with E-state index in [1.54, 1.807) is 60.7 Å². The van der Waals surface area contributed by atoms with E-state index in [2.05, 4.69) is 4.74 Å². The summed E-state index contributed by atoms with van der Waals surface area (Å²) >= 11 is 0. The molecule has 1 unspecified atom stereocenters. The lowest BCUT2D eigenvalue weighted by atomic mass is 9.91. The minimum Gasteiger partial charge on any atom is -0.469 e. The summed E-state index contributed by atoms with van der Waals surface area (Å²) in [5, 5.41) is 11.9. The van der Waals surface area contributed by atoms with Gasteiger partial charge < -0.3 is 9.64 Å². The van der Waals surface area contributed by atoms with Crippen molar-refractivity contribution < 1.29 is 27.6 Å². The highest BCUT2D eigenvalue weighted by Crippen LogP contribution is 2.40. The Balaban J connectivity index is 2.19. The lowest BCUT2D eigenvalue weighted by Gasteiger charge is -2.27. The molecular formula is C26H25F3N2O4. The van der Waals surface area contributed by atoms with Crippen molar-refractivity contribution in [1.29, 1.82) is 0 Å². The van der Waals surface area contributed by atoms with Gasteiger partial charge in [-0.05, 0) is 24.1 Å². The monoisotopic (exact) mass is 486 g/mol. The van der Waals surface area contributed by atoms with E-state index in [1.807, 2.05) is 0 Å². The smallest absolute Gasteiger partial charge is 0.313 e. The number of benzene rings is 3.